The summed E-state index contributed by atoms with van der Waals surface area (Å²) >= 11 is 1.50. The Kier molecular flexibility index (Phi) is 5.22. The number of fused-ring (bicyclic) bond motifs is 1. The van der Waals surface area contributed by atoms with Gasteiger partial charge in [0.2, 0.25) is 11.8 Å². The van der Waals surface area contributed by atoms with Crippen LogP contribution in [-0.2, 0) is 23.9 Å². The standard InChI is InChI=1S/C21H27N3O6S/c1-20(2)15(19(28)30-10-29-5)23-17(27)14(18(23)31-20)24-16(26)13(22-21(24,3)4)11-6-8-12(25)9-7-11/h6-9,13-15,18,22,25H,10H2,1-5H3/t13-,14-,15-,18-/m0/s1. The van der Waals surface area contributed by atoms with Crippen LogP contribution in [0.4, 0.5) is 0 Å². The van der Waals surface area contributed by atoms with Crippen LogP contribution in [0.2, 0.25) is 0 Å². The molecule has 3 aliphatic heterocycles. The molecular weight excluding hydrogens is 422 g/mol. The predicted molar refractivity (Wildman–Crippen MR) is 113 cm³/mol. The molecule has 9 nitrogen and oxygen atoms in total. The molecule has 1 aromatic rings. The van der Waals surface area contributed by atoms with Crippen LogP contribution in [0.25, 0.3) is 0 Å². The Labute approximate surface area is 185 Å². The maximum absolute atomic E-state index is 13.4. The van der Waals surface area contributed by atoms with Gasteiger partial charge in [0, 0.05) is 11.9 Å². The number of β-lactam (4-membered cyclic amide) rings is 1. The summed E-state index contributed by atoms with van der Waals surface area (Å²) in [6.07, 6.45) is 0. The summed E-state index contributed by atoms with van der Waals surface area (Å²) in [5.74, 6) is -0.874. The number of benzene rings is 1. The van der Waals surface area contributed by atoms with Crippen molar-refractivity contribution in [2.24, 2.45) is 0 Å². The van der Waals surface area contributed by atoms with E-state index in [4.69, 9.17) is 9.47 Å². The zero-order chi connectivity index (χ0) is 22.7. The molecule has 4 rings (SSSR count). The lowest BCUT2D eigenvalue weighted by atomic mass is 9.94. The number of esters is 1. The Bertz CT molecular complexity index is 918. The van der Waals surface area contributed by atoms with E-state index < -0.39 is 34.5 Å². The van der Waals surface area contributed by atoms with Gasteiger partial charge in [0.25, 0.3) is 0 Å². The molecule has 0 bridgehead atoms. The number of aromatic hydroxyl groups is 1. The number of ether oxygens (including phenoxy) is 2. The summed E-state index contributed by atoms with van der Waals surface area (Å²) < 4.78 is 9.39. The van der Waals surface area contributed by atoms with Gasteiger partial charge in [0.15, 0.2) is 6.79 Å². The molecule has 168 valence electrons. The second kappa shape index (κ2) is 7.39. The van der Waals surface area contributed by atoms with Gasteiger partial charge in [-0.25, -0.2) is 4.79 Å². The first-order valence-electron chi connectivity index (χ1n) is 10.0. The molecule has 0 unspecified atom stereocenters. The summed E-state index contributed by atoms with van der Waals surface area (Å²) in [6, 6.07) is 4.39. The molecule has 1 aromatic carbocycles. The van der Waals surface area contributed by atoms with Crippen LogP contribution >= 0.6 is 11.8 Å². The molecule has 3 aliphatic rings. The van der Waals surface area contributed by atoms with Gasteiger partial charge in [-0.2, -0.15) is 0 Å². The van der Waals surface area contributed by atoms with Crippen LogP contribution in [0.1, 0.15) is 39.3 Å². The molecule has 10 heteroatoms. The minimum Gasteiger partial charge on any atom is -0.508 e. The van der Waals surface area contributed by atoms with E-state index in [1.165, 1.54) is 35.9 Å². The van der Waals surface area contributed by atoms with Crippen molar-refractivity contribution >= 4 is 29.5 Å². The minimum absolute atomic E-state index is 0.117. The summed E-state index contributed by atoms with van der Waals surface area (Å²) in [5.41, 5.74) is -0.0618. The number of methoxy groups -OCH3 is 1. The summed E-state index contributed by atoms with van der Waals surface area (Å²) in [5, 5.41) is 12.5. The van der Waals surface area contributed by atoms with E-state index in [-0.39, 0.29) is 29.7 Å². The number of hydrogen-bond donors (Lipinski definition) is 2. The van der Waals surface area contributed by atoms with Gasteiger partial charge in [-0.3, -0.25) is 14.9 Å². The number of thioether (sulfide) groups is 1. The van der Waals surface area contributed by atoms with E-state index in [0.29, 0.717) is 5.56 Å². The Morgan fingerprint density at radius 2 is 1.81 bits per heavy atom. The Morgan fingerprint density at radius 1 is 1.16 bits per heavy atom. The van der Waals surface area contributed by atoms with Crippen molar-refractivity contribution in [3.63, 3.8) is 0 Å². The van der Waals surface area contributed by atoms with Crippen LogP contribution in [-0.4, -0.2) is 74.5 Å². The third-order valence-corrected chi connectivity index (χ3v) is 7.60. The molecule has 0 aliphatic carbocycles. The van der Waals surface area contributed by atoms with Gasteiger partial charge < -0.3 is 24.4 Å². The summed E-state index contributed by atoms with van der Waals surface area (Å²) in [6.45, 7) is 7.33. The van der Waals surface area contributed by atoms with Gasteiger partial charge in [-0.15, -0.1) is 11.8 Å². The van der Waals surface area contributed by atoms with Gasteiger partial charge in [-0.1, -0.05) is 12.1 Å². The van der Waals surface area contributed by atoms with E-state index in [1.807, 2.05) is 27.7 Å². The normalized spacial score (nSPS) is 30.9. The molecule has 31 heavy (non-hydrogen) atoms. The second-order valence-electron chi connectivity index (χ2n) is 9.01. The summed E-state index contributed by atoms with van der Waals surface area (Å²) in [4.78, 5) is 42.4. The number of carbonyl (C=O) groups is 3. The fraction of sp³-hybridized carbons (Fsp3) is 0.571. The summed E-state index contributed by atoms with van der Waals surface area (Å²) in [7, 11) is 1.42. The molecule has 4 atom stereocenters. The maximum Gasteiger partial charge on any atom is 0.332 e. The lowest BCUT2D eigenvalue weighted by Crippen LogP contribution is -2.73. The monoisotopic (exact) mass is 449 g/mol. The van der Waals surface area contributed by atoms with Crippen molar-refractivity contribution in [2.45, 2.75) is 61.6 Å². The number of phenols is 1. The molecule has 0 saturated carbocycles. The van der Waals surface area contributed by atoms with Crippen molar-refractivity contribution in [2.75, 3.05) is 13.9 Å². The van der Waals surface area contributed by atoms with E-state index in [9.17, 15) is 19.5 Å². The van der Waals surface area contributed by atoms with Crippen molar-refractivity contribution in [3.05, 3.63) is 29.8 Å². The van der Waals surface area contributed by atoms with E-state index >= 15 is 0 Å². The Hall–Kier alpha value is -2.30. The zero-order valence-electron chi connectivity index (χ0n) is 18.1. The maximum atomic E-state index is 13.4. The Morgan fingerprint density at radius 3 is 2.42 bits per heavy atom. The van der Waals surface area contributed by atoms with Crippen molar-refractivity contribution < 1.29 is 29.0 Å². The molecule has 3 fully saturated rings. The van der Waals surface area contributed by atoms with Gasteiger partial charge in [0.05, 0.1) is 5.66 Å². The highest BCUT2D eigenvalue weighted by atomic mass is 32.2. The number of nitrogens with zero attached hydrogens (tertiary/aromatic N) is 2. The number of nitrogens with one attached hydrogen (secondary N) is 1. The Balaban J connectivity index is 1.59. The zero-order valence-corrected chi connectivity index (χ0v) is 18.9. The van der Waals surface area contributed by atoms with Crippen LogP contribution in [0.15, 0.2) is 24.3 Å². The predicted octanol–water partition coefficient (Wildman–Crippen LogP) is 1.18. The molecule has 3 heterocycles. The first-order chi connectivity index (χ1) is 14.5. The van der Waals surface area contributed by atoms with E-state index in [2.05, 4.69) is 5.32 Å². The van der Waals surface area contributed by atoms with Crippen molar-refractivity contribution in [3.8, 4) is 5.75 Å². The van der Waals surface area contributed by atoms with Crippen molar-refractivity contribution in [1.29, 1.82) is 0 Å². The van der Waals surface area contributed by atoms with Crippen LogP contribution in [0, 0.1) is 0 Å². The fourth-order valence-corrected chi connectivity index (χ4v) is 6.35. The number of hydrogen-bond acceptors (Lipinski definition) is 8. The molecular formula is C21H27N3O6S. The highest BCUT2D eigenvalue weighted by molar-refractivity contribution is 8.01. The molecule has 0 aromatic heterocycles. The first kappa shape index (κ1) is 21.9. The molecule has 0 radical (unpaired) electrons. The second-order valence-corrected chi connectivity index (χ2v) is 10.8. The number of phenolic OH excluding ortho intramolecular Hbond substituents is 1. The minimum atomic E-state index is -0.772. The largest absolute Gasteiger partial charge is 0.508 e. The van der Waals surface area contributed by atoms with Crippen molar-refractivity contribution in [1.82, 2.24) is 15.1 Å². The smallest absolute Gasteiger partial charge is 0.332 e. The average Bonchev–Trinajstić information content (AvgIpc) is 3.09. The molecule has 3 saturated heterocycles. The molecule has 0 spiro atoms. The van der Waals surface area contributed by atoms with Crippen LogP contribution in [0.5, 0.6) is 5.75 Å². The van der Waals surface area contributed by atoms with E-state index in [1.54, 1.807) is 17.0 Å². The highest BCUT2D eigenvalue weighted by Gasteiger charge is 2.68. The lowest BCUT2D eigenvalue weighted by Gasteiger charge is -2.50. The quantitative estimate of drug-likeness (QED) is 0.392. The highest BCUT2D eigenvalue weighted by Crippen LogP contribution is 2.54. The third-order valence-electron chi connectivity index (χ3n) is 6.04. The number of rotatable bonds is 5. The van der Waals surface area contributed by atoms with Gasteiger partial charge in [-0.05, 0) is 45.4 Å². The lowest BCUT2D eigenvalue weighted by molar-refractivity contribution is -0.176. The van der Waals surface area contributed by atoms with Gasteiger partial charge in [0.1, 0.15) is 29.2 Å². The molecule has 2 N–H and O–H groups in total. The van der Waals surface area contributed by atoms with E-state index in [0.717, 1.165) is 0 Å². The SMILES string of the molecule is COCOC(=O)[C@@H]1N2C(=O)[C@H](N3C(=O)[C@H](c4ccc(O)cc4)NC3(C)C)[C@@H]2SC1(C)C. The third kappa shape index (κ3) is 3.37. The number of amides is 2. The first-order valence-corrected chi connectivity index (χ1v) is 10.9. The fourth-order valence-electron chi connectivity index (χ4n) is 4.68. The van der Waals surface area contributed by atoms with Gasteiger partial charge >= 0.3 is 5.97 Å². The average molecular weight is 450 g/mol. The topological polar surface area (TPSA) is 108 Å². The van der Waals surface area contributed by atoms with Crippen LogP contribution in [0.3, 0.4) is 0 Å². The van der Waals surface area contributed by atoms with Crippen LogP contribution < -0.4 is 5.32 Å². The number of carbonyl (C=O) groups excluding carboxylic acids is 3. The molecule has 2 amide bonds.